The van der Waals surface area contributed by atoms with Crippen LogP contribution in [0.1, 0.15) is 38.7 Å². The fraction of sp³-hybridized carbons (Fsp3) is 0.538. The van der Waals surface area contributed by atoms with E-state index in [0.717, 1.165) is 12.0 Å². The van der Waals surface area contributed by atoms with Gasteiger partial charge in [0.1, 0.15) is 5.82 Å². The van der Waals surface area contributed by atoms with Gasteiger partial charge in [-0.15, -0.1) is 0 Å². The van der Waals surface area contributed by atoms with E-state index >= 15 is 0 Å². The fourth-order valence-electron chi connectivity index (χ4n) is 1.86. The lowest BCUT2D eigenvalue weighted by atomic mass is 9.88. The average molecular weight is 273 g/mol. The third-order valence-corrected chi connectivity index (χ3v) is 4.46. The molecule has 0 amide bonds. The summed E-state index contributed by atoms with van der Waals surface area (Å²) in [5, 5.41) is 0. The molecule has 84 valence electrons. The minimum atomic E-state index is -0.0885. The van der Waals surface area contributed by atoms with Gasteiger partial charge in [-0.05, 0) is 29.9 Å². The summed E-state index contributed by atoms with van der Waals surface area (Å²) in [5.74, 6) is 0.676. The summed E-state index contributed by atoms with van der Waals surface area (Å²) in [6.45, 7) is 6.42. The predicted octanol–water partition coefficient (Wildman–Crippen LogP) is 4.74. The fourth-order valence-corrected chi connectivity index (χ4v) is 2.52. The van der Waals surface area contributed by atoms with Crippen molar-refractivity contribution in [3.63, 3.8) is 0 Å². The van der Waals surface area contributed by atoms with Crippen LogP contribution in [0.2, 0.25) is 0 Å². The molecular formula is C13H18BrF. The lowest BCUT2D eigenvalue weighted by Crippen LogP contribution is -2.18. The third-order valence-electron chi connectivity index (χ3n) is 2.77. The molecule has 0 N–H and O–H groups in total. The Hall–Kier alpha value is -0.370. The van der Waals surface area contributed by atoms with Crippen LogP contribution in [0.25, 0.3) is 0 Å². The summed E-state index contributed by atoms with van der Waals surface area (Å²) in [6.07, 6.45) is 0.953. The monoisotopic (exact) mass is 272 g/mol. The molecule has 0 aliphatic heterocycles. The Morgan fingerprint density at radius 3 is 2.33 bits per heavy atom. The van der Waals surface area contributed by atoms with E-state index in [2.05, 4.69) is 36.7 Å². The lowest BCUT2D eigenvalue weighted by Gasteiger charge is -2.25. The second kappa shape index (κ2) is 5.64. The van der Waals surface area contributed by atoms with E-state index in [9.17, 15) is 4.39 Å². The van der Waals surface area contributed by atoms with Crippen molar-refractivity contribution in [2.75, 3.05) is 0 Å². The second-order valence-electron chi connectivity index (χ2n) is 4.22. The van der Waals surface area contributed by atoms with E-state index in [1.54, 1.807) is 6.07 Å². The molecule has 1 rings (SSSR count). The smallest absolute Gasteiger partial charge is 0.126 e. The molecule has 0 heterocycles. The molecule has 2 atom stereocenters. The van der Waals surface area contributed by atoms with Gasteiger partial charge in [0.25, 0.3) is 0 Å². The SMILES string of the molecule is CCC(c1ccccc1F)C(Br)C(C)C. The summed E-state index contributed by atoms with van der Waals surface area (Å²) in [7, 11) is 0. The van der Waals surface area contributed by atoms with Crippen LogP contribution < -0.4 is 0 Å². The van der Waals surface area contributed by atoms with Crippen LogP contribution in [0.5, 0.6) is 0 Å². The van der Waals surface area contributed by atoms with Gasteiger partial charge in [0, 0.05) is 4.83 Å². The van der Waals surface area contributed by atoms with E-state index in [-0.39, 0.29) is 11.7 Å². The van der Waals surface area contributed by atoms with E-state index in [4.69, 9.17) is 0 Å². The average Bonchev–Trinajstić information content (AvgIpc) is 2.21. The number of hydrogen-bond donors (Lipinski definition) is 0. The lowest BCUT2D eigenvalue weighted by molar-refractivity contribution is 0.491. The van der Waals surface area contributed by atoms with E-state index in [1.165, 1.54) is 6.07 Å². The minimum Gasteiger partial charge on any atom is -0.207 e. The Morgan fingerprint density at radius 1 is 1.27 bits per heavy atom. The Kier molecular flexibility index (Phi) is 4.78. The van der Waals surface area contributed by atoms with Crippen molar-refractivity contribution in [2.24, 2.45) is 5.92 Å². The Labute approximate surface area is 100 Å². The molecule has 0 bridgehead atoms. The topological polar surface area (TPSA) is 0 Å². The molecule has 1 aromatic carbocycles. The van der Waals surface area contributed by atoms with Crippen LogP contribution in [0.15, 0.2) is 24.3 Å². The molecular weight excluding hydrogens is 255 g/mol. The molecule has 0 aliphatic carbocycles. The molecule has 0 aliphatic rings. The highest BCUT2D eigenvalue weighted by Gasteiger charge is 2.23. The van der Waals surface area contributed by atoms with Gasteiger partial charge >= 0.3 is 0 Å². The van der Waals surface area contributed by atoms with E-state index < -0.39 is 0 Å². The minimum absolute atomic E-state index is 0.0885. The highest BCUT2D eigenvalue weighted by atomic mass is 79.9. The second-order valence-corrected chi connectivity index (χ2v) is 5.28. The highest BCUT2D eigenvalue weighted by molar-refractivity contribution is 9.09. The van der Waals surface area contributed by atoms with Gasteiger partial charge in [-0.1, -0.05) is 54.9 Å². The third kappa shape index (κ3) is 3.04. The normalized spacial score (nSPS) is 15.3. The van der Waals surface area contributed by atoms with Gasteiger partial charge in [0.2, 0.25) is 0 Å². The number of halogens is 2. The molecule has 0 radical (unpaired) electrons. The number of benzene rings is 1. The van der Waals surface area contributed by atoms with E-state index in [1.807, 2.05) is 12.1 Å². The van der Waals surface area contributed by atoms with Gasteiger partial charge in [0.15, 0.2) is 0 Å². The molecule has 2 unspecified atom stereocenters. The summed E-state index contributed by atoms with van der Waals surface area (Å²) in [6, 6.07) is 7.07. The quantitative estimate of drug-likeness (QED) is 0.695. The molecule has 0 saturated carbocycles. The van der Waals surface area contributed by atoms with Crippen molar-refractivity contribution >= 4 is 15.9 Å². The van der Waals surface area contributed by atoms with Crippen LogP contribution in [0.4, 0.5) is 4.39 Å². The Balaban J connectivity index is 2.97. The molecule has 0 saturated heterocycles. The maximum Gasteiger partial charge on any atom is 0.126 e. The number of hydrogen-bond acceptors (Lipinski definition) is 0. The van der Waals surface area contributed by atoms with Gasteiger partial charge in [-0.25, -0.2) is 4.39 Å². The summed E-state index contributed by atoms with van der Waals surface area (Å²) < 4.78 is 13.6. The molecule has 0 nitrogen and oxygen atoms in total. The summed E-state index contributed by atoms with van der Waals surface area (Å²) >= 11 is 3.67. The van der Waals surface area contributed by atoms with Gasteiger partial charge in [-0.2, -0.15) is 0 Å². The van der Waals surface area contributed by atoms with Crippen molar-refractivity contribution in [1.82, 2.24) is 0 Å². The largest absolute Gasteiger partial charge is 0.207 e. The zero-order valence-corrected chi connectivity index (χ0v) is 11.1. The highest BCUT2D eigenvalue weighted by Crippen LogP contribution is 2.33. The standard InChI is InChI=1S/C13H18BrF/c1-4-10(13(14)9(2)3)11-7-5-6-8-12(11)15/h5-10,13H,4H2,1-3H3. The van der Waals surface area contributed by atoms with Crippen molar-refractivity contribution < 1.29 is 4.39 Å². The van der Waals surface area contributed by atoms with Crippen LogP contribution >= 0.6 is 15.9 Å². The van der Waals surface area contributed by atoms with E-state index in [0.29, 0.717) is 10.7 Å². The molecule has 0 aromatic heterocycles. The molecule has 15 heavy (non-hydrogen) atoms. The van der Waals surface area contributed by atoms with Gasteiger partial charge in [0.05, 0.1) is 0 Å². The predicted molar refractivity (Wildman–Crippen MR) is 67.0 cm³/mol. The van der Waals surface area contributed by atoms with Crippen molar-refractivity contribution in [3.8, 4) is 0 Å². The van der Waals surface area contributed by atoms with Crippen LogP contribution in [-0.4, -0.2) is 4.83 Å². The molecule has 0 spiro atoms. The van der Waals surface area contributed by atoms with Crippen LogP contribution in [0, 0.1) is 11.7 Å². The van der Waals surface area contributed by atoms with Crippen molar-refractivity contribution in [3.05, 3.63) is 35.6 Å². The van der Waals surface area contributed by atoms with Crippen LogP contribution in [-0.2, 0) is 0 Å². The maximum absolute atomic E-state index is 13.6. The molecule has 0 fully saturated rings. The zero-order chi connectivity index (χ0) is 11.4. The summed E-state index contributed by atoms with van der Waals surface area (Å²) in [5.41, 5.74) is 0.829. The summed E-state index contributed by atoms with van der Waals surface area (Å²) in [4.78, 5) is 0.333. The maximum atomic E-state index is 13.6. The van der Waals surface area contributed by atoms with Crippen molar-refractivity contribution in [1.29, 1.82) is 0 Å². The van der Waals surface area contributed by atoms with Crippen LogP contribution in [0.3, 0.4) is 0 Å². The first-order chi connectivity index (χ1) is 7.07. The first kappa shape index (κ1) is 12.7. The van der Waals surface area contributed by atoms with Gasteiger partial charge in [-0.3, -0.25) is 0 Å². The van der Waals surface area contributed by atoms with Gasteiger partial charge < -0.3 is 0 Å². The number of alkyl halides is 1. The zero-order valence-electron chi connectivity index (χ0n) is 9.50. The Morgan fingerprint density at radius 2 is 1.87 bits per heavy atom. The molecule has 2 heteroatoms. The number of rotatable bonds is 4. The Bertz CT molecular complexity index is 309. The molecule has 1 aromatic rings. The first-order valence-corrected chi connectivity index (χ1v) is 6.38. The first-order valence-electron chi connectivity index (χ1n) is 5.46. The van der Waals surface area contributed by atoms with Crippen molar-refractivity contribution in [2.45, 2.75) is 37.9 Å².